The molecule has 170 valence electrons. The Labute approximate surface area is 207 Å². The van der Waals surface area contributed by atoms with E-state index in [0.29, 0.717) is 49.3 Å². The summed E-state index contributed by atoms with van der Waals surface area (Å²) >= 11 is 13.5. The highest BCUT2D eigenvalue weighted by molar-refractivity contribution is 6.42. The van der Waals surface area contributed by atoms with E-state index in [1.165, 1.54) is 0 Å². The van der Waals surface area contributed by atoms with Crippen molar-refractivity contribution in [3.05, 3.63) is 111 Å². The summed E-state index contributed by atoms with van der Waals surface area (Å²) < 4.78 is 0. The molecule has 0 amide bonds. The number of pyridine rings is 2. The maximum Gasteiger partial charge on any atom is 0.158 e. The molecule has 2 aromatic carbocycles. The fraction of sp³-hybridized carbons (Fsp3) is 0.148. The summed E-state index contributed by atoms with van der Waals surface area (Å²) in [5.74, 6) is 0.698. The van der Waals surface area contributed by atoms with Crippen LogP contribution in [-0.4, -0.2) is 25.0 Å². The summed E-state index contributed by atoms with van der Waals surface area (Å²) in [6.07, 6.45) is 3.33. The predicted octanol–water partition coefficient (Wildman–Crippen LogP) is 6.54. The molecule has 0 radical (unpaired) electrons. The summed E-state index contributed by atoms with van der Waals surface area (Å²) in [5.41, 5.74) is 4.15. The van der Waals surface area contributed by atoms with Gasteiger partial charge in [-0.05, 0) is 49.6 Å². The number of aryl methyl sites for hydroxylation is 3. The summed E-state index contributed by atoms with van der Waals surface area (Å²) in [5, 5.41) is 13.8. The number of nitrogens with one attached hydrogen (secondary N) is 1. The second-order valence-corrected chi connectivity index (χ2v) is 9.16. The summed E-state index contributed by atoms with van der Waals surface area (Å²) in [4.78, 5) is 16.6. The highest BCUT2D eigenvalue weighted by atomic mass is 35.5. The van der Waals surface area contributed by atoms with Gasteiger partial charge in [-0.15, -0.1) is 0 Å². The first-order valence-electron chi connectivity index (χ1n) is 10.8. The standard InChI is InChI=1S/C27H22Cl2N4O/c1-15-11-20(27(34,22-14-31-17(3)32-22)19-10-9-16(2)30-13-19)12-21-24(28)23(26(29)33-25(15)21)18-7-5-4-6-8-18/h4-14,34H,1-3H3,(H,31,32). The number of hydrogen-bond acceptors (Lipinski definition) is 4. The number of nitrogens with zero attached hydrogens (tertiary/aromatic N) is 3. The fourth-order valence-electron chi connectivity index (χ4n) is 4.30. The van der Waals surface area contributed by atoms with Gasteiger partial charge in [-0.3, -0.25) is 4.98 Å². The number of hydrogen-bond donors (Lipinski definition) is 2. The van der Waals surface area contributed by atoms with Crippen LogP contribution in [0.4, 0.5) is 0 Å². The monoisotopic (exact) mass is 488 g/mol. The molecule has 5 rings (SSSR count). The van der Waals surface area contributed by atoms with Crippen LogP contribution in [0.2, 0.25) is 10.2 Å². The van der Waals surface area contributed by atoms with Crippen LogP contribution in [-0.2, 0) is 5.60 Å². The lowest BCUT2D eigenvalue weighted by molar-refractivity contribution is 0.121. The fourth-order valence-corrected chi connectivity index (χ4v) is 4.98. The normalized spacial score (nSPS) is 13.2. The molecule has 7 heteroatoms. The van der Waals surface area contributed by atoms with Crippen molar-refractivity contribution in [1.29, 1.82) is 0 Å². The lowest BCUT2D eigenvalue weighted by Crippen LogP contribution is -2.30. The molecule has 0 saturated carbocycles. The van der Waals surface area contributed by atoms with Gasteiger partial charge in [0.25, 0.3) is 0 Å². The molecule has 0 bridgehead atoms. The minimum atomic E-state index is -1.53. The van der Waals surface area contributed by atoms with Crippen molar-refractivity contribution >= 4 is 34.1 Å². The van der Waals surface area contributed by atoms with Gasteiger partial charge in [0, 0.05) is 28.4 Å². The third kappa shape index (κ3) is 3.66. The molecule has 2 N–H and O–H groups in total. The lowest BCUT2D eigenvalue weighted by atomic mass is 9.83. The third-order valence-electron chi connectivity index (χ3n) is 6.07. The van der Waals surface area contributed by atoms with Gasteiger partial charge < -0.3 is 10.1 Å². The van der Waals surface area contributed by atoms with Gasteiger partial charge in [0.05, 0.1) is 22.4 Å². The average molecular weight is 489 g/mol. The van der Waals surface area contributed by atoms with Gasteiger partial charge >= 0.3 is 0 Å². The quantitative estimate of drug-likeness (QED) is 0.281. The largest absolute Gasteiger partial charge is 0.374 e. The first-order valence-corrected chi connectivity index (χ1v) is 11.6. The van der Waals surface area contributed by atoms with Crippen LogP contribution in [0.15, 0.2) is 67.0 Å². The van der Waals surface area contributed by atoms with Crippen LogP contribution in [0.3, 0.4) is 0 Å². The maximum atomic E-state index is 12.2. The molecule has 0 saturated heterocycles. The molecule has 3 heterocycles. The Kier molecular flexibility index (Phi) is 5.64. The Hall–Kier alpha value is -3.25. The Balaban J connectivity index is 1.81. The number of fused-ring (bicyclic) bond motifs is 1. The second-order valence-electron chi connectivity index (χ2n) is 8.43. The zero-order valence-electron chi connectivity index (χ0n) is 18.9. The zero-order chi connectivity index (χ0) is 24.0. The predicted molar refractivity (Wildman–Crippen MR) is 136 cm³/mol. The molecule has 0 fully saturated rings. The summed E-state index contributed by atoms with van der Waals surface area (Å²) in [6, 6.07) is 17.2. The summed E-state index contributed by atoms with van der Waals surface area (Å²) in [7, 11) is 0. The number of benzene rings is 2. The number of aromatic amines is 1. The Bertz CT molecular complexity index is 1510. The Morgan fingerprint density at radius 2 is 1.65 bits per heavy atom. The number of aromatic nitrogens is 4. The van der Waals surface area contributed by atoms with Crippen LogP contribution >= 0.6 is 23.2 Å². The van der Waals surface area contributed by atoms with Gasteiger partial charge in [0.15, 0.2) is 5.60 Å². The van der Waals surface area contributed by atoms with Gasteiger partial charge in [0.1, 0.15) is 11.0 Å². The Morgan fingerprint density at radius 1 is 0.882 bits per heavy atom. The molecule has 1 atom stereocenters. The lowest BCUT2D eigenvalue weighted by Gasteiger charge is -2.29. The first-order chi connectivity index (χ1) is 16.3. The van der Waals surface area contributed by atoms with Crippen LogP contribution in [0.25, 0.3) is 22.0 Å². The van der Waals surface area contributed by atoms with Crippen molar-refractivity contribution in [2.45, 2.75) is 26.4 Å². The van der Waals surface area contributed by atoms with E-state index in [1.807, 2.05) is 75.4 Å². The zero-order valence-corrected chi connectivity index (χ0v) is 20.4. The molecule has 5 nitrogen and oxygen atoms in total. The molecule has 5 aromatic rings. The van der Waals surface area contributed by atoms with E-state index in [1.54, 1.807) is 12.4 Å². The van der Waals surface area contributed by atoms with Crippen molar-refractivity contribution in [3.8, 4) is 11.1 Å². The third-order valence-corrected chi connectivity index (χ3v) is 6.74. The van der Waals surface area contributed by atoms with E-state index in [9.17, 15) is 5.11 Å². The topological polar surface area (TPSA) is 74.7 Å². The van der Waals surface area contributed by atoms with E-state index in [0.717, 1.165) is 16.8 Å². The molecule has 0 spiro atoms. The average Bonchev–Trinajstić information content (AvgIpc) is 3.27. The highest BCUT2D eigenvalue weighted by Gasteiger charge is 2.37. The smallest absolute Gasteiger partial charge is 0.158 e. The van der Waals surface area contributed by atoms with Gasteiger partial charge in [-0.2, -0.15) is 0 Å². The van der Waals surface area contributed by atoms with E-state index < -0.39 is 5.60 Å². The van der Waals surface area contributed by atoms with Gasteiger partial charge in [0.2, 0.25) is 0 Å². The SMILES string of the molecule is Cc1ccc(C(O)(c2cc(C)c3nc(Cl)c(-c4ccccc4)c(Cl)c3c2)c2cnc(C)[nH]2)cn1. The number of imidazole rings is 1. The number of halogens is 2. The summed E-state index contributed by atoms with van der Waals surface area (Å²) in [6.45, 7) is 5.68. The Morgan fingerprint density at radius 3 is 2.29 bits per heavy atom. The molecule has 1 unspecified atom stereocenters. The number of rotatable bonds is 4. The molecule has 0 aliphatic rings. The van der Waals surface area contributed by atoms with Crippen LogP contribution in [0.5, 0.6) is 0 Å². The van der Waals surface area contributed by atoms with Crippen molar-refractivity contribution in [3.63, 3.8) is 0 Å². The second kappa shape index (κ2) is 8.51. The van der Waals surface area contributed by atoms with Crippen LogP contribution < -0.4 is 0 Å². The van der Waals surface area contributed by atoms with Crippen molar-refractivity contribution < 1.29 is 5.11 Å². The number of H-pyrrole nitrogens is 1. The van der Waals surface area contributed by atoms with E-state index >= 15 is 0 Å². The molecule has 0 aliphatic carbocycles. The van der Waals surface area contributed by atoms with Gasteiger partial charge in [-0.25, -0.2) is 9.97 Å². The van der Waals surface area contributed by atoms with E-state index in [4.69, 9.17) is 23.2 Å². The highest BCUT2D eigenvalue weighted by Crippen LogP contribution is 2.43. The van der Waals surface area contributed by atoms with Crippen LogP contribution in [0.1, 0.15) is 33.9 Å². The molecule has 34 heavy (non-hydrogen) atoms. The van der Waals surface area contributed by atoms with E-state index in [-0.39, 0.29) is 0 Å². The first kappa shape index (κ1) is 22.5. The molecule has 0 aliphatic heterocycles. The minimum Gasteiger partial charge on any atom is -0.374 e. The minimum absolute atomic E-state index is 0.335. The molecule has 3 aromatic heterocycles. The molecular formula is C27H22Cl2N4O. The van der Waals surface area contributed by atoms with E-state index in [2.05, 4.69) is 19.9 Å². The van der Waals surface area contributed by atoms with Crippen molar-refractivity contribution in [2.75, 3.05) is 0 Å². The maximum absolute atomic E-state index is 12.2. The van der Waals surface area contributed by atoms with Crippen molar-refractivity contribution in [1.82, 2.24) is 19.9 Å². The van der Waals surface area contributed by atoms with Crippen LogP contribution in [0, 0.1) is 20.8 Å². The van der Waals surface area contributed by atoms with Crippen molar-refractivity contribution in [2.24, 2.45) is 0 Å². The molecular weight excluding hydrogens is 467 g/mol. The number of aliphatic hydroxyl groups is 1. The van der Waals surface area contributed by atoms with Gasteiger partial charge in [-0.1, -0.05) is 65.7 Å².